The molecule has 32 heavy (non-hydrogen) atoms. The maximum Gasteiger partial charge on any atom is 0.232 e. The van der Waals surface area contributed by atoms with Gasteiger partial charge >= 0.3 is 0 Å². The Hall–Kier alpha value is -3.12. The summed E-state index contributed by atoms with van der Waals surface area (Å²) in [5.41, 5.74) is 2.43. The van der Waals surface area contributed by atoms with Gasteiger partial charge in [-0.25, -0.2) is 4.98 Å². The fraction of sp³-hybridized carbons (Fsp3) is 0.292. The second-order valence-corrected chi connectivity index (χ2v) is 8.75. The van der Waals surface area contributed by atoms with E-state index in [1.54, 1.807) is 12.1 Å². The molecule has 0 saturated carbocycles. The highest BCUT2D eigenvalue weighted by molar-refractivity contribution is 7.99. The molecule has 0 radical (unpaired) electrons. The smallest absolute Gasteiger partial charge is 0.232 e. The lowest BCUT2D eigenvalue weighted by atomic mass is 10.1. The van der Waals surface area contributed by atoms with E-state index in [2.05, 4.69) is 27.9 Å². The molecule has 7 nitrogen and oxygen atoms in total. The van der Waals surface area contributed by atoms with Crippen molar-refractivity contribution in [1.82, 2.24) is 14.9 Å². The van der Waals surface area contributed by atoms with Crippen LogP contribution in [0, 0.1) is 11.3 Å². The fourth-order valence-corrected chi connectivity index (χ4v) is 4.20. The predicted molar refractivity (Wildman–Crippen MR) is 124 cm³/mol. The summed E-state index contributed by atoms with van der Waals surface area (Å²) in [5.74, 6) is 1.19. The van der Waals surface area contributed by atoms with Gasteiger partial charge in [-0.15, -0.1) is 0 Å². The molecule has 2 aromatic carbocycles. The standard InChI is InChI=1S/C24H25N5O2S/c1-28-9-11-29(12-10-28)24-26-15-22(32-21-7-5-18(14-25)6-8-21)23(27-24)31-17-20-4-2-3-19(13-20)16-30/h2-8,13,15,30H,9-12,16-17H2,1H3. The molecule has 0 spiro atoms. The van der Waals surface area contributed by atoms with Crippen molar-refractivity contribution in [2.75, 3.05) is 38.1 Å². The third kappa shape index (κ3) is 5.56. The summed E-state index contributed by atoms with van der Waals surface area (Å²) in [6, 6.07) is 17.2. The topological polar surface area (TPSA) is 85.5 Å². The molecule has 0 amide bonds. The van der Waals surface area contributed by atoms with Crippen molar-refractivity contribution in [3.05, 3.63) is 71.4 Å². The largest absolute Gasteiger partial charge is 0.472 e. The van der Waals surface area contributed by atoms with Crippen molar-refractivity contribution in [3.8, 4) is 11.9 Å². The number of nitrogens with zero attached hydrogens (tertiary/aromatic N) is 5. The van der Waals surface area contributed by atoms with Crippen LogP contribution < -0.4 is 9.64 Å². The van der Waals surface area contributed by atoms with Gasteiger partial charge in [0.25, 0.3) is 0 Å². The average Bonchev–Trinajstić information content (AvgIpc) is 2.84. The zero-order chi connectivity index (χ0) is 22.3. The first-order valence-electron chi connectivity index (χ1n) is 10.4. The van der Waals surface area contributed by atoms with Crippen LogP contribution in [0.5, 0.6) is 5.88 Å². The maximum atomic E-state index is 9.40. The molecule has 164 valence electrons. The zero-order valence-corrected chi connectivity index (χ0v) is 18.8. The number of ether oxygens (including phenoxy) is 1. The van der Waals surface area contributed by atoms with Crippen LogP contribution in [-0.4, -0.2) is 53.2 Å². The Morgan fingerprint density at radius 1 is 1.09 bits per heavy atom. The summed E-state index contributed by atoms with van der Waals surface area (Å²) >= 11 is 1.51. The predicted octanol–water partition coefficient (Wildman–Crippen LogP) is 3.32. The van der Waals surface area contributed by atoms with E-state index in [1.807, 2.05) is 42.6 Å². The number of hydrogen-bond acceptors (Lipinski definition) is 8. The minimum Gasteiger partial charge on any atom is -0.472 e. The van der Waals surface area contributed by atoms with Crippen LogP contribution in [0.3, 0.4) is 0 Å². The molecule has 1 fully saturated rings. The number of aliphatic hydroxyl groups excluding tert-OH is 1. The number of aliphatic hydroxyl groups is 1. The van der Waals surface area contributed by atoms with Crippen LogP contribution in [0.4, 0.5) is 5.95 Å². The molecule has 1 aliphatic rings. The highest BCUT2D eigenvalue weighted by Gasteiger charge is 2.19. The zero-order valence-electron chi connectivity index (χ0n) is 17.9. The molecule has 0 unspecified atom stereocenters. The van der Waals surface area contributed by atoms with Gasteiger partial charge in [-0.3, -0.25) is 0 Å². The first-order valence-corrected chi connectivity index (χ1v) is 11.3. The van der Waals surface area contributed by atoms with E-state index in [9.17, 15) is 5.11 Å². The van der Waals surface area contributed by atoms with Crippen LogP contribution in [-0.2, 0) is 13.2 Å². The second kappa shape index (κ2) is 10.5. The molecular formula is C24H25N5O2S. The molecule has 0 atom stereocenters. The van der Waals surface area contributed by atoms with Crippen LogP contribution in [0.2, 0.25) is 0 Å². The fourth-order valence-electron chi connectivity index (χ4n) is 3.37. The van der Waals surface area contributed by atoms with Crippen molar-refractivity contribution in [3.63, 3.8) is 0 Å². The molecule has 1 aromatic heterocycles. The number of anilines is 1. The number of likely N-dealkylation sites (N-methyl/N-ethyl adjacent to an activating group) is 1. The van der Waals surface area contributed by atoms with Gasteiger partial charge in [0.2, 0.25) is 11.8 Å². The molecule has 0 bridgehead atoms. The van der Waals surface area contributed by atoms with Gasteiger partial charge in [0.05, 0.1) is 29.3 Å². The van der Waals surface area contributed by atoms with E-state index in [0.717, 1.165) is 47.1 Å². The monoisotopic (exact) mass is 447 g/mol. The lowest BCUT2D eigenvalue weighted by Crippen LogP contribution is -2.45. The quantitative estimate of drug-likeness (QED) is 0.590. The van der Waals surface area contributed by atoms with E-state index >= 15 is 0 Å². The number of benzene rings is 2. The van der Waals surface area contributed by atoms with Crippen LogP contribution in [0.1, 0.15) is 16.7 Å². The molecule has 8 heteroatoms. The number of rotatable bonds is 7. The van der Waals surface area contributed by atoms with Gasteiger partial charge < -0.3 is 19.6 Å². The number of piperazine rings is 1. The summed E-state index contributed by atoms with van der Waals surface area (Å²) in [4.78, 5) is 15.6. The molecule has 3 aromatic rings. The normalized spacial score (nSPS) is 14.2. The summed E-state index contributed by atoms with van der Waals surface area (Å²) in [6.45, 7) is 4.01. The molecule has 2 heterocycles. The molecule has 4 rings (SSSR count). The molecule has 0 aliphatic carbocycles. The third-order valence-electron chi connectivity index (χ3n) is 5.26. The van der Waals surface area contributed by atoms with Crippen molar-refractivity contribution in [2.45, 2.75) is 23.0 Å². The number of hydrogen-bond donors (Lipinski definition) is 1. The first-order chi connectivity index (χ1) is 15.6. The van der Waals surface area contributed by atoms with E-state index in [4.69, 9.17) is 15.0 Å². The Kier molecular flexibility index (Phi) is 7.22. The highest BCUT2D eigenvalue weighted by Crippen LogP contribution is 2.35. The van der Waals surface area contributed by atoms with Gasteiger partial charge in [-0.2, -0.15) is 10.2 Å². The van der Waals surface area contributed by atoms with Gasteiger partial charge in [0, 0.05) is 31.1 Å². The molecule has 1 N–H and O–H groups in total. The Bertz CT molecular complexity index is 1090. The Labute approximate surface area is 192 Å². The molecular weight excluding hydrogens is 422 g/mol. The van der Waals surface area contributed by atoms with Gasteiger partial charge in [0.1, 0.15) is 6.61 Å². The summed E-state index contributed by atoms with van der Waals surface area (Å²) in [5, 5.41) is 18.4. The van der Waals surface area contributed by atoms with Gasteiger partial charge in [0.15, 0.2) is 0 Å². The Morgan fingerprint density at radius 2 is 1.84 bits per heavy atom. The third-order valence-corrected chi connectivity index (χ3v) is 6.26. The number of aromatic nitrogens is 2. The van der Waals surface area contributed by atoms with Crippen LogP contribution >= 0.6 is 11.8 Å². The highest BCUT2D eigenvalue weighted by atomic mass is 32.2. The van der Waals surface area contributed by atoms with Crippen LogP contribution in [0.15, 0.2) is 64.5 Å². The second-order valence-electron chi connectivity index (χ2n) is 7.63. The SMILES string of the molecule is CN1CCN(c2ncc(Sc3ccc(C#N)cc3)c(OCc3cccc(CO)c3)n2)CC1. The van der Waals surface area contributed by atoms with E-state index in [1.165, 1.54) is 11.8 Å². The first kappa shape index (κ1) is 22.1. The lowest BCUT2D eigenvalue weighted by Gasteiger charge is -2.32. The number of nitriles is 1. The molecule has 1 saturated heterocycles. The maximum absolute atomic E-state index is 9.40. The minimum atomic E-state index is -0.00526. The summed E-state index contributed by atoms with van der Waals surface area (Å²) in [6.07, 6.45) is 1.81. The Morgan fingerprint density at radius 3 is 2.56 bits per heavy atom. The van der Waals surface area contributed by atoms with Crippen molar-refractivity contribution in [2.24, 2.45) is 0 Å². The summed E-state index contributed by atoms with van der Waals surface area (Å²) < 4.78 is 6.15. The van der Waals surface area contributed by atoms with Gasteiger partial charge in [-0.05, 0) is 42.4 Å². The minimum absolute atomic E-state index is 0.00526. The molecule has 1 aliphatic heterocycles. The van der Waals surface area contributed by atoms with E-state index in [-0.39, 0.29) is 6.61 Å². The van der Waals surface area contributed by atoms with E-state index in [0.29, 0.717) is 24.0 Å². The average molecular weight is 448 g/mol. The van der Waals surface area contributed by atoms with Crippen molar-refractivity contribution >= 4 is 17.7 Å². The Balaban J connectivity index is 1.57. The lowest BCUT2D eigenvalue weighted by molar-refractivity contribution is 0.276. The van der Waals surface area contributed by atoms with Crippen molar-refractivity contribution < 1.29 is 9.84 Å². The summed E-state index contributed by atoms with van der Waals surface area (Å²) in [7, 11) is 2.12. The van der Waals surface area contributed by atoms with Gasteiger partial charge in [-0.1, -0.05) is 36.0 Å². The van der Waals surface area contributed by atoms with Crippen molar-refractivity contribution in [1.29, 1.82) is 5.26 Å². The van der Waals surface area contributed by atoms with Crippen LogP contribution in [0.25, 0.3) is 0 Å². The van der Waals surface area contributed by atoms with E-state index < -0.39 is 0 Å².